The van der Waals surface area contributed by atoms with Gasteiger partial charge in [0.25, 0.3) is 0 Å². The Kier molecular flexibility index (Phi) is 3.92. The molecular weight excluding hydrogens is 248 g/mol. The number of benzene rings is 1. The molecule has 1 aromatic rings. The van der Waals surface area contributed by atoms with Crippen molar-refractivity contribution < 1.29 is 8.42 Å². The van der Waals surface area contributed by atoms with Crippen LogP contribution in [0, 0.1) is 6.92 Å². The first kappa shape index (κ1) is 13.4. The second kappa shape index (κ2) is 5.28. The van der Waals surface area contributed by atoms with Crippen LogP contribution < -0.4 is 10.6 Å². The van der Waals surface area contributed by atoms with Crippen molar-refractivity contribution in [2.45, 2.75) is 19.9 Å². The first-order valence-corrected chi connectivity index (χ1v) is 8.09. The molecule has 1 aromatic carbocycles. The molecule has 1 heterocycles. The molecule has 2 rings (SSSR count). The minimum atomic E-state index is -2.86. The molecule has 5 heteroatoms. The Balaban J connectivity index is 2.26. The number of nitrogens with zero attached hydrogens (tertiary/aromatic N) is 1. The molecule has 0 atom stereocenters. The summed E-state index contributed by atoms with van der Waals surface area (Å²) < 4.78 is 23.2. The third-order valence-electron chi connectivity index (χ3n) is 3.35. The molecule has 0 saturated carbocycles. The number of hydrogen-bond donors (Lipinski definition) is 1. The zero-order chi connectivity index (χ0) is 13.2. The molecule has 1 aliphatic heterocycles. The lowest BCUT2D eigenvalue weighted by Gasteiger charge is -2.25. The lowest BCUT2D eigenvalue weighted by Crippen LogP contribution is -2.28. The molecule has 4 nitrogen and oxygen atoms in total. The zero-order valence-electron chi connectivity index (χ0n) is 10.7. The Labute approximate surface area is 109 Å². The molecule has 1 saturated heterocycles. The topological polar surface area (TPSA) is 63.4 Å². The highest BCUT2D eigenvalue weighted by Crippen LogP contribution is 2.23. The third kappa shape index (κ3) is 3.03. The van der Waals surface area contributed by atoms with E-state index in [4.69, 9.17) is 5.73 Å². The molecule has 0 unspecified atom stereocenters. The molecule has 0 bridgehead atoms. The Morgan fingerprint density at radius 2 is 2.06 bits per heavy atom. The van der Waals surface area contributed by atoms with Crippen LogP contribution in [0.25, 0.3) is 0 Å². The molecule has 0 aliphatic carbocycles. The maximum Gasteiger partial charge on any atom is 0.152 e. The summed E-state index contributed by atoms with van der Waals surface area (Å²) in [7, 11) is -2.86. The minimum Gasteiger partial charge on any atom is -0.370 e. The quantitative estimate of drug-likeness (QED) is 0.872. The molecule has 2 N–H and O–H groups in total. The van der Waals surface area contributed by atoms with Gasteiger partial charge in [-0.1, -0.05) is 17.7 Å². The molecule has 1 fully saturated rings. The second-order valence-electron chi connectivity index (χ2n) is 4.83. The maximum absolute atomic E-state index is 11.6. The number of nitrogens with two attached hydrogens (primary N) is 1. The van der Waals surface area contributed by atoms with Gasteiger partial charge in [0.15, 0.2) is 9.84 Å². The fourth-order valence-electron chi connectivity index (χ4n) is 2.37. The van der Waals surface area contributed by atoms with Crippen LogP contribution in [-0.4, -0.2) is 33.0 Å². The number of anilines is 1. The summed E-state index contributed by atoms with van der Waals surface area (Å²) in [5, 5.41) is 0. The van der Waals surface area contributed by atoms with E-state index in [-0.39, 0.29) is 5.75 Å². The van der Waals surface area contributed by atoms with Crippen LogP contribution in [0.4, 0.5) is 5.69 Å². The van der Waals surface area contributed by atoms with E-state index in [2.05, 4.69) is 17.0 Å². The van der Waals surface area contributed by atoms with Crippen molar-refractivity contribution in [2.75, 3.05) is 29.5 Å². The van der Waals surface area contributed by atoms with Crippen LogP contribution in [0.5, 0.6) is 0 Å². The Morgan fingerprint density at radius 1 is 1.28 bits per heavy atom. The highest BCUT2D eigenvalue weighted by molar-refractivity contribution is 7.91. The molecule has 0 amide bonds. The van der Waals surface area contributed by atoms with Gasteiger partial charge in [-0.2, -0.15) is 0 Å². The van der Waals surface area contributed by atoms with Gasteiger partial charge in [0, 0.05) is 25.3 Å². The van der Waals surface area contributed by atoms with Gasteiger partial charge in [0.05, 0.1) is 11.5 Å². The standard InChI is InChI=1S/C13H20N2O2S/c1-11-3-4-13(12(9-11)10-14)15-5-2-7-18(16,17)8-6-15/h3-4,9H,2,5-8,10,14H2,1H3. The summed E-state index contributed by atoms with van der Waals surface area (Å²) in [6, 6.07) is 6.18. The summed E-state index contributed by atoms with van der Waals surface area (Å²) in [6.45, 7) is 3.88. The fraction of sp³-hybridized carbons (Fsp3) is 0.538. The molecule has 1 aliphatic rings. The monoisotopic (exact) mass is 268 g/mol. The van der Waals surface area contributed by atoms with E-state index in [1.807, 2.05) is 13.0 Å². The lowest BCUT2D eigenvalue weighted by molar-refractivity contribution is 0.597. The van der Waals surface area contributed by atoms with Gasteiger partial charge in [0.1, 0.15) is 0 Å². The van der Waals surface area contributed by atoms with Crippen LogP contribution in [0.3, 0.4) is 0 Å². The van der Waals surface area contributed by atoms with E-state index in [0.717, 1.165) is 17.8 Å². The molecule has 0 aromatic heterocycles. The van der Waals surface area contributed by atoms with Crippen LogP contribution in [0.1, 0.15) is 17.5 Å². The number of hydrogen-bond acceptors (Lipinski definition) is 4. The average Bonchev–Trinajstić information content (AvgIpc) is 2.50. The third-order valence-corrected chi connectivity index (χ3v) is 5.07. The highest BCUT2D eigenvalue weighted by atomic mass is 32.2. The van der Waals surface area contributed by atoms with Crippen molar-refractivity contribution in [2.24, 2.45) is 5.73 Å². The molecule has 18 heavy (non-hydrogen) atoms. The van der Waals surface area contributed by atoms with Crippen LogP contribution in [-0.2, 0) is 16.4 Å². The largest absolute Gasteiger partial charge is 0.370 e. The normalized spacial score (nSPS) is 19.6. The summed E-state index contributed by atoms with van der Waals surface area (Å²) in [6.07, 6.45) is 0.695. The summed E-state index contributed by atoms with van der Waals surface area (Å²) in [4.78, 5) is 2.15. The fourth-order valence-corrected chi connectivity index (χ4v) is 3.64. The Hall–Kier alpha value is -1.07. The summed E-state index contributed by atoms with van der Waals surface area (Å²) in [5.74, 6) is 0.540. The Bertz CT molecular complexity index is 526. The van der Waals surface area contributed by atoms with E-state index in [0.29, 0.717) is 25.3 Å². The highest BCUT2D eigenvalue weighted by Gasteiger charge is 2.20. The van der Waals surface area contributed by atoms with Crippen LogP contribution in [0.15, 0.2) is 18.2 Å². The van der Waals surface area contributed by atoms with Crippen molar-refractivity contribution in [3.8, 4) is 0 Å². The van der Waals surface area contributed by atoms with Gasteiger partial charge in [-0.15, -0.1) is 0 Å². The predicted octanol–water partition coefficient (Wildman–Crippen LogP) is 1.08. The van der Waals surface area contributed by atoms with Gasteiger partial charge in [-0.25, -0.2) is 8.42 Å². The van der Waals surface area contributed by atoms with E-state index in [1.54, 1.807) is 0 Å². The van der Waals surface area contributed by atoms with Gasteiger partial charge in [0.2, 0.25) is 0 Å². The van der Waals surface area contributed by atoms with Crippen molar-refractivity contribution >= 4 is 15.5 Å². The first-order chi connectivity index (χ1) is 8.52. The van der Waals surface area contributed by atoms with Gasteiger partial charge >= 0.3 is 0 Å². The maximum atomic E-state index is 11.6. The van der Waals surface area contributed by atoms with E-state index in [1.165, 1.54) is 5.56 Å². The van der Waals surface area contributed by atoms with Crippen LogP contribution >= 0.6 is 0 Å². The smallest absolute Gasteiger partial charge is 0.152 e. The van der Waals surface area contributed by atoms with Gasteiger partial charge in [-0.3, -0.25) is 0 Å². The van der Waals surface area contributed by atoms with Crippen molar-refractivity contribution in [3.63, 3.8) is 0 Å². The van der Waals surface area contributed by atoms with Crippen molar-refractivity contribution in [3.05, 3.63) is 29.3 Å². The number of aryl methyl sites for hydroxylation is 1. The van der Waals surface area contributed by atoms with E-state index >= 15 is 0 Å². The molecule has 0 radical (unpaired) electrons. The van der Waals surface area contributed by atoms with Gasteiger partial charge < -0.3 is 10.6 Å². The Morgan fingerprint density at radius 3 is 2.78 bits per heavy atom. The molecule has 100 valence electrons. The number of sulfone groups is 1. The SMILES string of the molecule is Cc1ccc(N2CCCS(=O)(=O)CC2)c(CN)c1. The predicted molar refractivity (Wildman–Crippen MR) is 74.6 cm³/mol. The second-order valence-corrected chi connectivity index (χ2v) is 7.13. The number of rotatable bonds is 2. The average molecular weight is 268 g/mol. The lowest BCUT2D eigenvalue weighted by atomic mass is 10.1. The van der Waals surface area contributed by atoms with Gasteiger partial charge in [-0.05, 0) is 25.0 Å². The van der Waals surface area contributed by atoms with Crippen molar-refractivity contribution in [1.29, 1.82) is 0 Å². The van der Waals surface area contributed by atoms with Crippen LogP contribution in [0.2, 0.25) is 0 Å². The summed E-state index contributed by atoms with van der Waals surface area (Å²) >= 11 is 0. The van der Waals surface area contributed by atoms with Crippen molar-refractivity contribution in [1.82, 2.24) is 0 Å². The van der Waals surface area contributed by atoms with E-state index < -0.39 is 9.84 Å². The zero-order valence-corrected chi connectivity index (χ0v) is 11.5. The van der Waals surface area contributed by atoms with E-state index in [9.17, 15) is 8.42 Å². The molecule has 0 spiro atoms. The summed E-state index contributed by atoms with van der Waals surface area (Å²) in [5.41, 5.74) is 9.13. The molecular formula is C13H20N2O2S. The first-order valence-electron chi connectivity index (χ1n) is 6.27. The minimum absolute atomic E-state index is 0.241.